The molecule has 0 radical (unpaired) electrons. The van der Waals surface area contributed by atoms with Crippen molar-refractivity contribution in [1.82, 2.24) is 0 Å². The zero-order chi connectivity index (χ0) is 27.3. The molecule has 0 spiro atoms. The first kappa shape index (κ1) is 27.1. The number of ketones is 1. The summed E-state index contributed by atoms with van der Waals surface area (Å²) in [5.74, 6) is 2.28. The monoisotopic (exact) mass is 518 g/mol. The smallest absolute Gasteiger partial charge is 0.176 e. The SMILES string of the molecule is COc1ccc(COCC(C(=O)c2ccc3c(c2OC)C=CC(C)(C)O3)c2ccc(OC)c(OC)c2)cc1. The van der Waals surface area contributed by atoms with Gasteiger partial charge in [-0.15, -0.1) is 0 Å². The lowest BCUT2D eigenvalue weighted by atomic mass is 9.88. The van der Waals surface area contributed by atoms with Gasteiger partial charge < -0.3 is 28.4 Å². The van der Waals surface area contributed by atoms with Crippen molar-refractivity contribution >= 4 is 11.9 Å². The van der Waals surface area contributed by atoms with E-state index in [4.69, 9.17) is 28.4 Å². The van der Waals surface area contributed by atoms with Gasteiger partial charge in [0.25, 0.3) is 0 Å². The van der Waals surface area contributed by atoms with Gasteiger partial charge >= 0.3 is 0 Å². The fourth-order valence-corrected chi connectivity index (χ4v) is 4.44. The zero-order valence-electron chi connectivity index (χ0n) is 22.7. The van der Waals surface area contributed by atoms with Crippen LogP contribution in [0.3, 0.4) is 0 Å². The Balaban J connectivity index is 1.67. The highest BCUT2D eigenvalue weighted by Gasteiger charge is 2.30. The quantitative estimate of drug-likeness (QED) is 0.285. The Hall–Kier alpha value is -3.97. The summed E-state index contributed by atoms with van der Waals surface area (Å²) < 4.78 is 34.0. The van der Waals surface area contributed by atoms with Gasteiger partial charge in [0, 0.05) is 0 Å². The predicted octanol–water partition coefficient (Wildman–Crippen LogP) is 6.09. The Kier molecular flexibility index (Phi) is 8.27. The van der Waals surface area contributed by atoms with E-state index in [0.717, 1.165) is 22.4 Å². The van der Waals surface area contributed by atoms with Gasteiger partial charge in [-0.2, -0.15) is 0 Å². The number of carbonyl (C=O) groups is 1. The molecule has 0 fully saturated rings. The van der Waals surface area contributed by atoms with Crippen molar-refractivity contribution in [2.24, 2.45) is 0 Å². The number of Topliss-reactive ketones (excluding diaryl/α,β-unsaturated/α-hetero) is 1. The molecule has 200 valence electrons. The molecule has 1 aliphatic heterocycles. The molecular formula is C31H34O7. The first-order valence-corrected chi connectivity index (χ1v) is 12.4. The van der Waals surface area contributed by atoms with Crippen molar-refractivity contribution in [1.29, 1.82) is 0 Å². The summed E-state index contributed by atoms with van der Waals surface area (Å²) >= 11 is 0. The lowest BCUT2D eigenvalue weighted by Crippen LogP contribution is -2.28. The molecule has 1 aliphatic rings. The van der Waals surface area contributed by atoms with E-state index in [0.29, 0.717) is 35.2 Å². The van der Waals surface area contributed by atoms with Crippen molar-refractivity contribution in [3.05, 3.63) is 82.9 Å². The van der Waals surface area contributed by atoms with Gasteiger partial charge in [-0.25, -0.2) is 0 Å². The van der Waals surface area contributed by atoms with Crippen molar-refractivity contribution in [2.45, 2.75) is 32.0 Å². The molecular weight excluding hydrogens is 484 g/mol. The van der Waals surface area contributed by atoms with E-state index in [1.807, 2.05) is 68.5 Å². The minimum Gasteiger partial charge on any atom is -0.497 e. The molecule has 0 aromatic heterocycles. The largest absolute Gasteiger partial charge is 0.497 e. The number of benzene rings is 3. The van der Waals surface area contributed by atoms with Crippen LogP contribution in [0.4, 0.5) is 0 Å². The average Bonchev–Trinajstić information content (AvgIpc) is 2.93. The second-order valence-electron chi connectivity index (χ2n) is 9.49. The summed E-state index contributed by atoms with van der Waals surface area (Å²) in [6, 6.07) is 16.7. The van der Waals surface area contributed by atoms with E-state index in [-0.39, 0.29) is 12.4 Å². The molecule has 3 aromatic rings. The Morgan fingerprint density at radius 2 is 1.61 bits per heavy atom. The molecule has 38 heavy (non-hydrogen) atoms. The highest BCUT2D eigenvalue weighted by Crippen LogP contribution is 2.41. The molecule has 7 heteroatoms. The van der Waals surface area contributed by atoms with Crippen molar-refractivity contribution in [3.63, 3.8) is 0 Å². The zero-order valence-corrected chi connectivity index (χ0v) is 22.7. The van der Waals surface area contributed by atoms with Crippen molar-refractivity contribution in [2.75, 3.05) is 35.0 Å². The first-order chi connectivity index (χ1) is 18.3. The van der Waals surface area contributed by atoms with E-state index < -0.39 is 11.5 Å². The van der Waals surface area contributed by atoms with Crippen LogP contribution in [0.2, 0.25) is 0 Å². The second kappa shape index (κ2) is 11.6. The first-order valence-electron chi connectivity index (χ1n) is 12.4. The molecule has 0 bridgehead atoms. The third-order valence-electron chi connectivity index (χ3n) is 6.49. The summed E-state index contributed by atoms with van der Waals surface area (Å²) in [7, 11) is 6.33. The van der Waals surface area contributed by atoms with Gasteiger partial charge in [-0.1, -0.05) is 18.2 Å². The maximum absolute atomic E-state index is 14.1. The van der Waals surface area contributed by atoms with Crippen LogP contribution in [0.15, 0.2) is 60.7 Å². The van der Waals surface area contributed by atoms with Crippen LogP contribution in [-0.4, -0.2) is 46.4 Å². The van der Waals surface area contributed by atoms with Gasteiger partial charge in [0.15, 0.2) is 17.3 Å². The lowest BCUT2D eigenvalue weighted by Gasteiger charge is -2.29. The van der Waals surface area contributed by atoms with E-state index in [1.165, 1.54) is 0 Å². The van der Waals surface area contributed by atoms with Crippen molar-refractivity contribution in [3.8, 4) is 28.7 Å². The molecule has 0 amide bonds. The minimum absolute atomic E-state index is 0.134. The van der Waals surface area contributed by atoms with Gasteiger partial charge in [0.05, 0.1) is 58.7 Å². The summed E-state index contributed by atoms with van der Waals surface area (Å²) in [5, 5.41) is 0. The van der Waals surface area contributed by atoms with E-state index in [2.05, 4.69) is 0 Å². The molecule has 1 heterocycles. The summed E-state index contributed by atoms with van der Waals surface area (Å²) in [4.78, 5) is 14.1. The Labute approximate surface area is 223 Å². The number of hydrogen-bond acceptors (Lipinski definition) is 7. The molecule has 4 rings (SSSR count). The normalized spacial score (nSPS) is 14.2. The van der Waals surface area contributed by atoms with Gasteiger partial charge in [0.2, 0.25) is 0 Å². The topological polar surface area (TPSA) is 72.5 Å². The fourth-order valence-electron chi connectivity index (χ4n) is 4.44. The molecule has 1 atom stereocenters. The van der Waals surface area contributed by atoms with Crippen LogP contribution in [0, 0.1) is 0 Å². The summed E-state index contributed by atoms with van der Waals surface area (Å²) in [6.07, 6.45) is 3.90. The molecule has 0 aliphatic carbocycles. The van der Waals surface area contributed by atoms with Gasteiger partial charge in [-0.05, 0) is 73.5 Å². The van der Waals surface area contributed by atoms with Crippen LogP contribution in [0.25, 0.3) is 6.08 Å². The van der Waals surface area contributed by atoms with E-state index >= 15 is 0 Å². The number of methoxy groups -OCH3 is 4. The second-order valence-corrected chi connectivity index (χ2v) is 9.49. The highest BCUT2D eigenvalue weighted by molar-refractivity contribution is 6.04. The van der Waals surface area contributed by atoms with E-state index in [9.17, 15) is 4.79 Å². The van der Waals surface area contributed by atoms with Crippen LogP contribution >= 0.6 is 0 Å². The average molecular weight is 519 g/mol. The standard InChI is InChI=1S/C31H34O7/c1-31(2)16-15-23-26(38-31)14-12-24(30(23)36-6)29(32)25(21-9-13-27(34-4)28(17-21)35-5)19-37-18-20-7-10-22(33-3)11-8-20/h7-17,25H,18-19H2,1-6H3. The lowest BCUT2D eigenvalue weighted by molar-refractivity contribution is 0.0774. The number of rotatable bonds is 11. The molecule has 0 N–H and O–H groups in total. The molecule has 3 aromatic carbocycles. The van der Waals surface area contributed by atoms with Crippen LogP contribution in [0.5, 0.6) is 28.7 Å². The van der Waals surface area contributed by atoms with Crippen molar-refractivity contribution < 1.29 is 33.2 Å². The minimum atomic E-state index is -0.620. The van der Waals surface area contributed by atoms with Crippen LogP contribution in [-0.2, 0) is 11.3 Å². The van der Waals surface area contributed by atoms with Crippen LogP contribution < -0.4 is 23.7 Å². The third-order valence-corrected chi connectivity index (χ3v) is 6.49. The molecule has 0 saturated carbocycles. The Morgan fingerprint density at radius 1 is 0.868 bits per heavy atom. The molecule has 7 nitrogen and oxygen atoms in total. The number of ether oxygens (including phenoxy) is 6. The Morgan fingerprint density at radius 3 is 2.26 bits per heavy atom. The number of hydrogen-bond donors (Lipinski definition) is 0. The number of carbonyl (C=O) groups excluding carboxylic acids is 1. The summed E-state index contributed by atoms with van der Waals surface area (Å²) in [5.41, 5.74) is 2.46. The highest BCUT2D eigenvalue weighted by atomic mass is 16.5. The number of fused-ring (bicyclic) bond motifs is 1. The summed E-state index contributed by atoms with van der Waals surface area (Å²) in [6.45, 7) is 4.45. The maximum Gasteiger partial charge on any atom is 0.176 e. The van der Waals surface area contributed by atoms with Crippen LogP contribution in [0.1, 0.15) is 46.8 Å². The maximum atomic E-state index is 14.1. The Bertz CT molecular complexity index is 1310. The predicted molar refractivity (Wildman–Crippen MR) is 146 cm³/mol. The third kappa shape index (κ3) is 5.78. The molecule has 1 unspecified atom stereocenters. The van der Waals surface area contributed by atoms with Gasteiger partial charge in [-0.3, -0.25) is 4.79 Å². The van der Waals surface area contributed by atoms with E-state index in [1.54, 1.807) is 40.6 Å². The fraction of sp³-hybridized carbons (Fsp3) is 0.323. The molecule has 0 saturated heterocycles. The van der Waals surface area contributed by atoms with Gasteiger partial charge in [0.1, 0.15) is 22.8 Å².